The van der Waals surface area contributed by atoms with E-state index in [1.54, 1.807) is 0 Å². The predicted molar refractivity (Wildman–Crippen MR) is 74.6 cm³/mol. The predicted octanol–water partition coefficient (Wildman–Crippen LogP) is 5.32. The standard InChI is InChI=1S/C15H20S/c1-10(2)14-9-11-8-12(15(3,4)5)6-7-13(11)16-14/h6-10H,1-5H3. The van der Waals surface area contributed by atoms with Gasteiger partial charge in [-0.2, -0.15) is 0 Å². The molecule has 0 aliphatic carbocycles. The van der Waals surface area contributed by atoms with Gasteiger partial charge in [0, 0.05) is 9.58 Å². The minimum atomic E-state index is 0.244. The highest BCUT2D eigenvalue weighted by atomic mass is 32.1. The van der Waals surface area contributed by atoms with E-state index in [9.17, 15) is 0 Å². The molecule has 2 rings (SSSR count). The maximum absolute atomic E-state index is 2.35. The SMILES string of the molecule is CC(C)c1cc2cc(C(C)(C)C)ccc2s1. The van der Waals surface area contributed by atoms with Gasteiger partial charge in [-0.05, 0) is 40.5 Å². The molecule has 0 aliphatic heterocycles. The van der Waals surface area contributed by atoms with E-state index in [0.717, 1.165) is 0 Å². The fourth-order valence-corrected chi connectivity index (χ4v) is 2.86. The van der Waals surface area contributed by atoms with E-state index in [4.69, 9.17) is 0 Å². The monoisotopic (exact) mass is 232 g/mol. The zero-order valence-electron chi connectivity index (χ0n) is 10.8. The van der Waals surface area contributed by atoms with Gasteiger partial charge in [0.1, 0.15) is 0 Å². The Hall–Kier alpha value is -0.820. The molecule has 16 heavy (non-hydrogen) atoms. The molecule has 0 saturated heterocycles. The lowest BCUT2D eigenvalue weighted by Crippen LogP contribution is -2.10. The third-order valence-electron chi connectivity index (χ3n) is 2.97. The summed E-state index contributed by atoms with van der Waals surface area (Å²) in [6, 6.07) is 9.23. The van der Waals surface area contributed by atoms with Crippen molar-refractivity contribution in [1.29, 1.82) is 0 Å². The first-order chi connectivity index (χ1) is 7.38. The van der Waals surface area contributed by atoms with Gasteiger partial charge in [-0.15, -0.1) is 11.3 Å². The van der Waals surface area contributed by atoms with E-state index in [1.165, 1.54) is 20.5 Å². The summed E-state index contributed by atoms with van der Waals surface area (Å²) in [6.07, 6.45) is 0. The minimum absolute atomic E-state index is 0.244. The van der Waals surface area contributed by atoms with Gasteiger partial charge in [-0.3, -0.25) is 0 Å². The maximum Gasteiger partial charge on any atom is 0.0345 e. The van der Waals surface area contributed by atoms with Crippen molar-refractivity contribution in [3.63, 3.8) is 0 Å². The van der Waals surface area contributed by atoms with Crippen LogP contribution in [0.2, 0.25) is 0 Å². The van der Waals surface area contributed by atoms with Crippen LogP contribution >= 0.6 is 11.3 Å². The number of rotatable bonds is 1. The lowest BCUT2D eigenvalue weighted by atomic mass is 9.86. The van der Waals surface area contributed by atoms with Crippen LogP contribution in [0.3, 0.4) is 0 Å². The van der Waals surface area contributed by atoms with Crippen LogP contribution in [0.25, 0.3) is 10.1 Å². The molecule has 0 saturated carbocycles. The third kappa shape index (κ3) is 2.15. The smallest absolute Gasteiger partial charge is 0.0345 e. The van der Waals surface area contributed by atoms with Gasteiger partial charge in [0.15, 0.2) is 0 Å². The van der Waals surface area contributed by atoms with Crippen LogP contribution in [0.15, 0.2) is 24.3 Å². The van der Waals surface area contributed by atoms with Gasteiger partial charge in [0.25, 0.3) is 0 Å². The Kier molecular flexibility index (Phi) is 2.83. The van der Waals surface area contributed by atoms with Crippen molar-refractivity contribution < 1.29 is 0 Å². The van der Waals surface area contributed by atoms with Crippen molar-refractivity contribution in [3.8, 4) is 0 Å². The highest BCUT2D eigenvalue weighted by Gasteiger charge is 2.14. The Morgan fingerprint density at radius 3 is 2.31 bits per heavy atom. The first-order valence-electron chi connectivity index (χ1n) is 5.92. The van der Waals surface area contributed by atoms with Crippen molar-refractivity contribution in [2.24, 2.45) is 0 Å². The molecule has 86 valence electrons. The van der Waals surface area contributed by atoms with Crippen LogP contribution in [0, 0.1) is 0 Å². The fourth-order valence-electron chi connectivity index (χ4n) is 1.81. The van der Waals surface area contributed by atoms with E-state index < -0.39 is 0 Å². The molecule has 0 nitrogen and oxygen atoms in total. The molecule has 1 aromatic carbocycles. The normalized spacial score (nSPS) is 12.6. The Balaban J connectivity index is 2.54. The molecular weight excluding hydrogens is 212 g/mol. The van der Waals surface area contributed by atoms with Gasteiger partial charge in [-0.25, -0.2) is 0 Å². The first kappa shape index (κ1) is 11.7. The molecule has 0 atom stereocenters. The van der Waals surface area contributed by atoms with Crippen molar-refractivity contribution in [2.75, 3.05) is 0 Å². The van der Waals surface area contributed by atoms with Crippen LogP contribution in [0.4, 0.5) is 0 Å². The molecule has 0 aliphatic rings. The average Bonchev–Trinajstić information content (AvgIpc) is 2.58. The van der Waals surface area contributed by atoms with E-state index in [-0.39, 0.29) is 5.41 Å². The van der Waals surface area contributed by atoms with Crippen LogP contribution < -0.4 is 0 Å². The molecule has 0 spiro atoms. The molecule has 0 unspecified atom stereocenters. The molecule has 0 bridgehead atoms. The van der Waals surface area contributed by atoms with Crippen LogP contribution in [-0.4, -0.2) is 0 Å². The molecule has 2 aromatic rings. The van der Waals surface area contributed by atoms with E-state index in [1.807, 2.05) is 11.3 Å². The zero-order chi connectivity index (χ0) is 11.9. The summed E-state index contributed by atoms with van der Waals surface area (Å²) in [4.78, 5) is 1.49. The highest BCUT2D eigenvalue weighted by Crippen LogP contribution is 2.33. The minimum Gasteiger partial charge on any atom is -0.140 e. The van der Waals surface area contributed by atoms with Gasteiger partial charge in [-0.1, -0.05) is 40.7 Å². The second-order valence-corrected chi connectivity index (χ2v) is 6.92. The van der Waals surface area contributed by atoms with Gasteiger partial charge in [0.2, 0.25) is 0 Å². The molecule has 0 N–H and O–H groups in total. The summed E-state index contributed by atoms with van der Waals surface area (Å²) in [7, 11) is 0. The lowest BCUT2D eigenvalue weighted by Gasteiger charge is -2.18. The summed E-state index contributed by atoms with van der Waals surface area (Å²) in [5, 5.41) is 1.40. The Labute approximate surface area is 102 Å². The largest absolute Gasteiger partial charge is 0.140 e. The topological polar surface area (TPSA) is 0 Å². The summed E-state index contributed by atoms with van der Waals surface area (Å²) in [5.41, 5.74) is 1.67. The first-order valence-corrected chi connectivity index (χ1v) is 6.73. The second kappa shape index (κ2) is 3.89. The molecule has 0 radical (unpaired) electrons. The van der Waals surface area contributed by atoms with Crippen LogP contribution in [0.5, 0.6) is 0 Å². The van der Waals surface area contributed by atoms with E-state index in [2.05, 4.69) is 58.9 Å². The van der Waals surface area contributed by atoms with Crippen molar-refractivity contribution in [1.82, 2.24) is 0 Å². The zero-order valence-corrected chi connectivity index (χ0v) is 11.6. The Bertz CT molecular complexity index is 498. The molecule has 1 heterocycles. The number of fused-ring (bicyclic) bond motifs is 1. The molecule has 1 heteroatoms. The fraction of sp³-hybridized carbons (Fsp3) is 0.467. The maximum atomic E-state index is 2.35. The van der Waals surface area contributed by atoms with Gasteiger partial charge in [0.05, 0.1) is 0 Å². The quantitative estimate of drug-likeness (QED) is 0.624. The summed E-state index contributed by atoms with van der Waals surface area (Å²) < 4.78 is 1.41. The van der Waals surface area contributed by atoms with E-state index >= 15 is 0 Å². The van der Waals surface area contributed by atoms with Crippen molar-refractivity contribution >= 4 is 21.4 Å². The molecule has 1 aromatic heterocycles. The van der Waals surface area contributed by atoms with Crippen LogP contribution in [0.1, 0.15) is 51.0 Å². The van der Waals surface area contributed by atoms with Gasteiger partial charge < -0.3 is 0 Å². The number of hydrogen-bond acceptors (Lipinski definition) is 1. The summed E-state index contributed by atoms with van der Waals surface area (Å²) in [6.45, 7) is 11.3. The Morgan fingerprint density at radius 2 is 1.75 bits per heavy atom. The number of thiophene rings is 1. The number of hydrogen-bond donors (Lipinski definition) is 0. The van der Waals surface area contributed by atoms with Crippen molar-refractivity contribution in [3.05, 3.63) is 34.7 Å². The summed E-state index contributed by atoms with van der Waals surface area (Å²) >= 11 is 1.92. The van der Waals surface area contributed by atoms with Crippen molar-refractivity contribution in [2.45, 2.75) is 46.0 Å². The lowest BCUT2D eigenvalue weighted by molar-refractivity contribution is 0.591. The molecule has 0 amide bonds. The highest BCUT2D eigenvalue weighted by molar-refractivity contribution is 7.19. The van der Waals surface area contributed by atoms with Gasteiger partial charge >= 0.3 is 0 Å². The van der Waals surface area contributed by atoms with E-state index in [0.29, 0.717) is 5.92 Å². The average molecular weight is 232 g/mol. The Morgan fingerprint density at radius 1 is 1.06 bits per heavy atom. The van der Waals surface area contributed by atoms with Crippen LogP contribution in [-0.2, 0) is 5.41 Å². The molecular formula is C15H20S. The second-order valence-electron chi connectivity index (χ2n) is 5.81. The third-order valence-corrected chi connectivity index (χ3v) is 4.39. The molecule has 0 fully saturated rings. The summed E-state index contributed by atoms with van der Waals surface area (Å²) in [5.74, 6) is 0.635. The number of benzene rings is 1.